The fraction of sp³-hybridized carbons (Fsp3) is 0.700. The van der Waals surface area contributed by atoms with E-state index in [1.54, 1.807) is 12.0 Å². The van der Waals surface area contributed by atoms with Crippen molar-refractivity contribution in [1.82, 2.24) is 5.06 Å². The van der Waals surface area contributed by atoms with Crippen molar-refractivity contribution in [3.8, 4) is 0 Å². The molecule has 13 heavy (non-hydrogen) atoms. The lowest BCUT2D eigenvalue weighted by molar-refractivity contribution is -0.185. The van der Waals surface area contributed by atoms with E-state index in [0.717, 1.165) is 25.9 Å². The molecular weight excluding hydrogens is 166 g/mol. The highest BCUT2D eigenvalue weighted by Gasteiger charge is 2.09. The number of rotatable bonds is 6. The highest BCUT2D eigenvalue weighted by molar-refractivity contribution is 5.86. The van der Waals surface area contributed by atoms with Gasteiger partial charge in [0, 0.05) is 18.7 Å². The van der Waals surface area contributed by atoms with Gasteiger partial charge < -0.3 is 4.84 Å². The summed E-state index contributed by atoms with van der Waals surface area (Å²) < 4.78 is 0. The van der Waals surface area contributed by atoms with Crippen LogP contribution in [0, 0.1) is 0 Å². The zero-order valence-corrected chi connectivity index (χ0v) is 8.80. The molecule has 3 nitrogen and oxygen atoms in total. The highest BCUT2D eigenvalue weighted by atomic mass is 16.7. The lowest BCUT2D eigenvalue weighted by Gasteiger charge is -2.19. The van der Waals surface area contributed by atoms with Crippen LogP contribution in [0.4, 0.5) is 0 Å². The smallest absolute Gasteiger partial charge is 0.352 e. The van der Waals surface area contributed by atoms with Crippen molar-refractivity contribution in [2.45, 2.75) is 33.6 Å². The lowest BCUT2D eigenvalue weighted by atomic mass is 10.4. The molecule has 0 bridgehead atoms. The van der Waals surface area contributed by atoms with Gasteiger partial charge >= 0.3 is 5.97 Å². The fourth-order valence-electron chi connectivity index (χ4n) is 0.897. The van der Waals surface area contributed by atoms with Crippen LogP contribution in [0.25, 0.3) is 0 Å². The predicted octanol–water partition coefficient (Wildman–Crippen LogP) is 2.14. The standard InChI is InChI=1S/C10H19NO2/c1-5-7-11(8-6-2)13-10(12)9(3)4/h3,5-8H2,1-2,4H3. The average Bonchev–Trinajstić information content (AvgIpc) is 2.05. The monoisotopic (exact) mass is 185 g/mol. The summed E-state index contributed by atoms with van der Waals surface area (Å²) in [6.45, 7) is 10.9. The van der Waals surface area contributed by atoms with Crippen LogP contribution in [0.15, 0.2) is 12.2 Å². The molecule has 0 aromatic rings. The van der Waals surface area contributed by atoms with Gasteiger partial charge in [-0.1, -0.05) is 20.4 Å². The summed E-state index contributed by atoms with van der Waals surface area (Å²) in [5, 5.41) is 1.69. The maximum Gasteiger partial charge on any atom is 0.352 e. The molecule has 0 atom stereocenters. The van der Waals surface area contributed by atoms with Gasteiger partial charge in [-0.25, -0.2) is 4.79 Å². The number of hydrogen-bond donors (Lipinski definition) is 0. The van der Waals surface area contributed by atoms with E-state index in [2.05, 4.69) is 20.4 Å². The van der Waals surface area contributed by atoms with Gasteiger partial charge in [0.05, 0.1) is 0 Å². The van der Waals surface area contributed by atoms with Gasteiger partial charge in [0.1, 0.15) is 0 Å². The second-order valence-electron chi connectivity index (χ2n) is 3.09. The second-order valence-corrected chi connectivity index (χ2v) is 3.09. The Morgan fingerprint density at radius 1 is 1.31 bits per heavy atom. The summed E-state index contributed by atoms with van der Waals surface area (Å²) in [7, 11) is 0. The van der Waals surface area contributed by atoms with E-state index in [1.807, 2.05) is 0 Å². The quantitative estimate of drug-likeness (QED) is 0.469. The van der Waals surface area contributed by atoms with Crippen molar-refractivity contribution in [1.29, 1.82) is 0 Å². The molecule has 76 valence electrons. The molecule has 0 aromatic carbocycles. The molecule has 0 amide bonds. The highest BCUT2D eigenvalue weighted by Crippen LogP contribution is 2.00. The van der Waals surface area contributed by atoms with E-state index in [0.29, 0.717) is 5.57 Å². The van der Waals surface area contributed by atoms with Gasteiger partial charge in [0.15, 0.2) is 0 Å². The van der Waals surface area contributed by atoms with Crippen molar-refractivity contribution in [3.05, 3.63) is 12.2 Å². The third kappa shape index (κ3) is 5.42. The molecule has 0 fully saturated rings. The largest absolute Gasteiger partial charge is 0.364 e. The summed E-state index contributed by atoms with van der Waals surface area (Å²) in [5.74, 6) is -0.332. The Kier molecular flexibility index (Phi) is 6.24. The van der Waals surface area contributed by atoms with Crippen LogP contribution in [-0.4, -0.2) is 24.1 Å². The van der Waals surface area contributed by atoms with Crippen molar-refractivity contribution < 1.29 is 9.63 Å². The number of hydrogen-bond acceptors (Lipinski definition) is 3. The first-order valence-electron chi connectivity index (χ1n) is 4.74. The molecule has 0 N–H and O–H groups in total. The molecule has 0 unspecified atom stereocenters. The molecule has 0 aliphatic rings. The van der Waals surface area contributed by atoms with Crippen molar-refractivity contribution in [2.75, 3.05) is 13.1 Å². The first-order chi connectivity index (χ1) is 6.11. The minimum absolute atomic E-state index is 0.332. The van der Waals surface area contributed by atoms with Crippen LogP contribution in [0.1, 0.15) is 33.6 Å². The van der Waals surface area contributed by atoms with Gasteiger partial charge in [0.25, 0.3) is 0 Å². The molecule has 0 spiro atoms. The summed E-state index contributed by atoms with van der Waals surface area (Å²) in [5.41, 5.74) is 0.442. The molecule has 0 aliphatic carbocycles. The van der Waals surface area contributed by atoms with Crippen LogP contribution in [0.5, 0.6) is 0 Å². The summed E-state index contributed by atoms with van der Waals surface area (Å²) in [6, 6.07) is 0. The van der Waals surface area contributed by atoms with E-state index in [-0.39, 0.29) is 5.97 Å². The van der Waals surface area contributed by atoms with Crippen molar-refractivity contribution in [3.63, 3.8) is 0 Å². The van der Waals surface area contributed by atoms with Crippen LogP contribution in [-0.2, 0) is 9.63 Å². The molecule has 0 heterocycles. The van der Waals surface area contributed by atoms with E-state index in [4.69, 9.17) is 4.84 Å². The van der Waals surface area contributed by atoms with Gasteiger partial charge in [-0.15, -0.1) is 5.06 Å². The van der Waals surface area contributed by atoms with E-state index in [9.17, 15) is 4.79 Å². The molecule has 0 saturated heterocycles. The lowest BCUT2D eigenvalue weighted by Crippen LogP contribution is -2.29. The van der Waals surface area contributed by atoms with Crippen molar-refractivity contribution in [2.24, 2.45) is 0 Å². The van der Waals surface area contributed by atoms with E-state index < -0.39 is 0 Å². The molecule has 3 heteroatoms. The zero-order chi connectivity index (χ0) is 10.3. The minimum Gasteiger partial charge on any atom is -0.364 e. The third-order valence-electron chi connectivity index (χ3n) is 1.51. The molecule has 0 radical (unpaired) electrons. The maximum atomic E-state index is 11.1. The first kappa shape index (κ1) is 12.2. The number of nitrogens with zero attached hydrogens (tertiary/aromatic N) is 1. The van der Waals surface area contributed by atoms with Crippen LogP contribution < -0.4 is 0 Å². The average molecular weight is 185 g/mol. The normalized spacial score (nSPS) is 10.2. The topological polar surface area (TPSA) is 29.5 Å². The van der Waals surface area contributed by atoms with E-state index >= 15 is 0 Å². The van der Waals surface area contributed by atoms with Gasteiger partial charge in [-0.3, -0.25) is 0 Å². The molecule has 0 saturated carbocycles. The van der Waals surface area contributed by atoms with Gasteiger partial charge in [-0.2, -0.15) is 0 Å². The van der Waals surface area contributed by atoms with Crippen molar-refractivity contribution >= 4 is 5.97 Å². The Hall–Kier alpha value is -0.830. The molecular formula is C10H19NO2. The Bertz CT molecular complexity index is 172. The molecule has 0 aliphatic heterocycles. The molecule has 0 rings (SSSR count). The second kappa shape index (κ2) is 6.66. The zero-order valence-electron chi connectivity index (χ0n) is 8.80. The summed E-state index contributed by atoms with van der Waals surface area (Å²) >= 11 is 0. The fourth-order valence-corrected chi connectivity index (χ4v) is 0.897. The van der Waals surface area contributed by atoms with Crippen LogP contribution >= 0.6 is 0 Å². The van der Waals surface area contributed by atoms with Gasteiger partial charge in [-0.05, 0) is 19.8 Å². The molecule has 0 aromatic heterocycles. The predicted molar refractivity (Wildman–Crippen MR) is 53.1 cm³/mol. The minimum atomic E-state index is -0.332. The van der Waals surface area contributed by atoms with Gasteiger partial charge in [0.2, 0.25) is 0 Å². The number of hydroxylamine groups is 2. The first-order valence-corrected chi connectivity index (χ1v) is 4.74. The number of carbonyl (C=O) groups excluding carboxylic acids is 1. The van der Waals surface area contributed by atoms with Crippen LogP contribution in [0.3, 0.4) is 0 Å². The number of carbonyl (C=O) groups is 1. The third-order valence-corrected chi connectivity index (χ3v) is 1.51. The Labute approximate surface area is 80.3 Å². The maximum absolute atomic E-state index is 11.1. The Morgan fingerprint density at radius 3 is 2.08 bits per heavy atom. The Morgan fingerprint density at radius 2 is 1.77 bits per heavy atom. The summed E-state index contributed by atoms with van der Waals surface area (Å²) in [4.78, 5) is 16.2. The SMILES string of the molecule is C=C(C)C(=O)ON(CCC)CCC. The summed E-state index contributed by atoms with van der Waals surface area (Å²) in [6.07, 6.45) is 1.95. The Balaban J connectivity index is 3.93. The van der Waals surface area contributed by atoms with Crippen LogP contribution in [0.2, 0.25) is 0 Å². The van der Waals surface area contributed by atoms with E-state index in [1.165, 1.54) is 0 Å².